The second-order valence-corrected chi connectivity index (χ2v) is 4.24. The zero-order valence-corrected chi connectivity index (χ0v) is 10.2. The molecule has 0 unspecified atom stereocenters. The normalized spacial score (nSPS) is 10.8. The maximum absolute atomic E-state index is 8.97. The van der Waals surface area contributed by atoms with Crippen LogP contribution in [0.1, 0.15) is 16.7 Å². The average Bonchev–Trinajstić information content (AvgIpc) is 2.16. The van der Waals surface area contributed by atoms with Gasteiger partial charge in [-0.25, -0.2) is 0 Å². The number of rotatable bonds is 6. The van der Waals surface area contributed by atoms with Gasteiger partial charge in [0.15, 0.2) is 0 Å². The van der Waals surface area contributed by atoms with E-state index in [4.69, 9.17) is 5.11 Å². The number of aliphatic hydroxyl groups is 1. The zero-order chi connectivity index (χ0) is 12.0. The molecule has 0 fully saturated rings. The van der Waals surface area contributed by atoms with Gasteiger partial charge in [-0.15, -0.1) is 6.58 Å². The van der Waals surface area contributed by atoms with Crippen molar-refractivity contribution in [3.8, 4) is 0 Å². The van der Waals surface area contributed by atoms with E-state index in [2.05, 4.69) is 43.5 Å². The van der Waals surface area contributed by atoms with Crippen molar-refractivity contribution in [3.63, 3.8) is 0 Å². The van der Waals surface area contributed by atoms with E-state index in [1.165, 1.54) is 16.7 Å². The first-order valence-corrected chi connectivity index (χ1v) is 5.67. The molecule has 1 aromatic rings. The van der Waals surface area contributed by atoms with E-state index in [9.17, 15) is 0 Å². The lowest BCUT2D eigenvalue weighted by molar-refractivity contribution is 0.203. The lowest BCUT2D eigenvalue weighted by atomic mass is 10.1. The molecule has 0 aliphatic heterocycles. The third-order valence-electron chi connectivity index (χ3n) is 2.49. The van der Waals surface area contributed by atoms with Gasteiger partial charge in [-0.05, 0) is 19.4 Å². The summed E-state index contributed by atoms with van der Waals surface area (Å²) in [5.74, 6) is 0. The summed E-state index contributed by atoms with van der Waals surface area (Å²) in [7, 11) is 0. The Morgan fingerprint density at radius 1 is 1.25 bits per heavy atom. The van der Waals surface area contributed by atoms with Crippen LogP contribution in [0.3, 0.4) is 0 Å². The molecule has 0 atom stereocenters. The van der Waals surface area contributed by atoms with Crippen molar-refractivity contribution in [1.82, 2.24) is 4.90 Å². The number of hydrogen-bond acceptors (Lipinski definition) is 2. The van der Waals surface area contributed by atoms with Gasteiger partial charge in [0.25, 0.3) is 0 Å². The first kappa shape index (κ1) is 12.9. The van der Waals surface area contributed by atoms with Gasteiger partial charge in [-0.1, -0.05) is 35.4 Å². The highest BCUT2D eigenvalue weighted by atomic mass is 16.3. The smallest absolute Gasteiger partial charge is 0.0558 e. The lowest BCUT2D eigenvalue weighted by Gasteiger charge is -2.20. The Kier molecular flexibility index (Phi) is 5.23. The van der Waals surface area contributed by atoms with E-state index in [-0.39, 0.29) is 6.61 Å². The van der Waals surface area contributed by atoms with Gasteiger partial charge in [0.2, 0.25) is 0 Å². The third-order valence-corrected chi connectivity index (χ3v) is 2.49. The Bertz CT molecular complexity index is 326. The molecule has 0 heterocycles. The summed E-state index contributed by atoms with van der Waals surface area (Å²) in [6.07, 6.45) is 1.87. The molecule has 1 aromatic carbocycles. The molecule has 0 saturated carbocycles. The maximum Gasteiger partial charge on any atom is 0.0558 e. The van der Waals surface area contributed by atoms with Crippen LogP contribution in [-0.2, 0) is 6.54 Å². The summed E-state index contributed by atoms with van der Waals surface area (Å²) in [6, 6.07) is 6.56. The molecule has 0 amide bonds. The predicted molar refractivity (Wildman–Crippen MR) is 68.5 cm³/mol. The molecule has 1 rings (SSSR count). The van der Waals surface area contributed by atoms with Crippen molar-refractivity contribution in [2.24, 2.45) is 0 Å². The van der Waals surface area contributed by atoms with E-state index in [1.807, 2.05) is 6.08 Å². The van der Waals surface area contributed by atoms with Crippen molar-refractivity contribution in [1.29, 1.82) is 0 Å². The molecule has 88 valence electrons. The number of benzene rings is 1. The van der Waals surface area contributed by atoms with Gasteiger partial charge in [-0.3, -0.25) is 4.90 Å². The predicted octanol–water partition coefficient (Wildman–Crippen LogP) is 2.28. The summed E-state index contributed by atoms with van der Waals surface area (Å²) >= 11 is 0. The molecular formula is C14H21NO. The highest BCUT2D eigenvalue weighted by Crippen LogP contribution is 2.11. The minimum atomic E-state index is 0.193. The van der Waals surface area contributed by atoms with Crippen LogP contribution in [0.25, 0.3) is 0 Å². The Morgan fingerprint density at radius 2 is 1.88 bits per heavy atom. The number of nitrogens with zero attached hydrogens (tertiary/aromatic N) is 1. The third kappa shape index (κ3) is 4.17. The average molecular weight is 219 g/mol. The van der Waals surface area contributed by atoms with Crippen molar-refractivity contribution < 1.29 is 5.11 Å². The Balaban J connectivity index is 2.71. The van der Waals surface area contributed by atoms with E-state index in [1.54, 1.807) is 0 Å². The van der Waals surface area contributed by atoms with Crippen LogP contribution in [-0.4, -0.2) is 29.7 Å². The molecule has 0 saturated heterocycles. The van der Waals surface area contributed by atoms with Gasteiger partial charge in [-0.2, -0.15) is 0 Å². The number of hydrogen-bond donors (Lipinski definition) is 1. The molecule has 0 aliphatic rings. The van der Waals surface area contributed by atoms with E-state index >= 15 is 0 Å². The molecule has 16 heavy (non-hydrogen) atoms. The quantitative estimate of drug-likeness (QED) is 0.742. The molecule has 0 radical (unpaired) electrons. The first-order valence-electron chi connectivity index (χ1n) is 5.67. The topological polar surface area (TPSA) is 23.5 Å². The van der Waals surface area contributed by atoms with Crippen LogP contribution in [0, 0.1) is 13.8 Å². The van der Waals surface area contributed by atoms with Gasteiger partial charge in [0, 0.05) is 19.6 Å². The fourth-order valence-electron chi connectivity index (χ4n) is 1.98. The SMILES string of the molecule is C=CCN(CCO)Cc1cc(C)cc(C)c1. The minimum Gasteiger partial charge on any atom is -0.395 e. The second kappa shape index (κ2) is 6.46. The number of aryl methyl sites for hydroxylation is 2. The van der Waals surface area contributed by atoms with Gasteiger partial charge < -0.3 is 5.11 Å². The minimum absolute atomic E-state index is 0.193. The first-order chi connectivity index (χ1) is 7.65. The van der Waals surface area contributed by atoms with Crippen molar-refractivity contribution in [2.45, 2.75) is 20.4 Å². The molecular weight excluding hydrogens is 198 g/mol. The maximum atomic E-state index is 8.97. The van der Waals surface area contributed by atoms with Crippen LogP contribution in [0.15, 0.2) is 30.9 Å². The zero-order valence-electron chi connectivity index (χ0n) is 10.2. The Hall–Kier alpha value is -1.12. The van der Waals surface area contributed by atoms with Crippen LogP contribution in [0.4, 0.5) is 0 Å². The van der Waals surface area contributed by atoms with Crippen molar-refractivity contribution in [2.75, 3.05) is 19.7 Å². The monoisotopic (exact) mass is 219 g/mol. The fraction of sp³-hybridized carbons (Fsp3) is 0.429. The largest absolute Gasteiger partial charge is 0.395 e. The molecule has 2 heteroatoms. The van der Waals surface area contributed by atoms with E-state index in [0.717, 1.165) is 13.1 Å². The second-order valence-electron chi connectivity index (χ2n) is 4.24. The van der Waals surface area contributed by atoms with Crippen molar-refractivity contribution >= 4 is 0 Å². The molecule has 0 aromatic heterocycles. The molecule has 0 aliphatic carbocycles. The van der Waals surface area contributed by atoms with Crippen LogP contribution < -0.4 is 0 Å². The highest BCUT2D eigenvalue weighted by Gasteiger charge is 2.04. The van der Waals surface area contributed by atoms with Crippen LogP contribution in [0.5, 0.6) is 0 Å². The standard InChI is InChI=1S/C14H21NO/c1-4-5-15(6-7-16)11-14-9-12(2)8-13(3)10-14/h4,8-10,16H,1,5-7,11H2,2-3H3. The summed E-state index contributed by atoms with van der Waals surface area (Å²) in [5, 5.41) is 8.97. The summed E-state index contributed by atoms with van der Waals surface area (Å²) in [6.45, 7) is 10.5. The fourth-order valence-corrected chi connectivity index (χ4v) is 1.98. The van der Waals surface area contributed by atoms with Crippen LogP contribution in [0.2, 0.25) is 0 Å². The van der Waals surface area contributed by atoms with Crippen molar-refractivity contribution in [3.05, 3.63) is 47.5 Å². The Morgan fingerprint density at radius 3 is 2.38 bits per heavy atom. The lowest BCUT2D eigenvalue weighted by Crippen LogP contribution is -2.26. The van der Waals surface area contributed by atoms with E-state index in [0.29, 0.717) is 6.54 Å². The van der Waals surface area contributed by atoms with Gasteiger partial charge in [0.05, 0.1) is 6.61 Å². The summed E-state index contributed by atoms with van der Waals surface area (Å²) in [5.41, 5.74) is 3.88. The van der Waals surface area contributed by atoms with Gasteiger partial charge >= 0.3 is 0 Å². The molecule has 2 nitrogen and oxygen atoms in total. The summed E-state index contributed by atoms with van der Waals surface area (Å²) < 4.78 is 0. The molecule has 0 spiro atoms. The van der Waals surface area contributed by atoms with Gasteiger partial charge in [0.1, 0.15) is 0 Å². The Labute approximate surface area is 98.2 Å². The van der Waals surface area contributed by atoms with E-state index < -0.39 is 0 Å². The molecule has 1 N–H and O–H groups in total. The molecule has 0 bridgehead atoms. The summed E-state index contributed by atoms with van der Waals surface area (Å²) in [4.78, 5) is 2.18. The highest BCUT2D eigenvalue weighted by molar-refractivity contribution is 5.28. The van der Waals surface area contributed by atoms with Crippen LogP contribution >= 0.6 is 0 Å². The number of aliphatic hydroxyl groups excluding tert-OH is 1.